The van der Waals surface area contributed by atoms with Crippen LogP contribution in [0.3, 0.4) is 0 Å². The lowest BCUT2D eigenvalue weighted by molar-refractivity contribution is -0.135. The van der Waals surface area contributed by atoms with Gasteiger partial charge >= 0.3 is 5.97 Å². The molecule has 1 fully saturated rings. The number of hydrogen-bond acceptors (Lipinski definition) is 6. The molecule has 1 rings (SSSR count). The van der Waals surface area contributed by atoms with Crippen molar-refractivity contribution in [2.75, 3.05) is 13.4 Å². The van der Waals surface area contributed by atoms with Gasteiger partial charge < -0.3 is 4.74 Å². The van der Waals surface area contributed by atoms with Gasteiger partial charge in [-0.05, 0) is 31.1 Å². The predicted molar refractivity (Wildman–Crippen MR) is 83.0 cm³/mol. The number of nitriles is 3. The second kappa shape index (κ2) is 8.93. The molecule has 0 spiro atoms. The molecule has 1 atom stereocenters. The highest BCUT2D eigenvalue weighted by atomic mass is 32.2. The maximum absolute atomic E-state index is 11.9. The van der Waals surface area contributed by atoms with Gasteiger partial charge in [0.2, 0.25) is 0 Å². The summed E-state index contributed by atoms with van der Waals surface area (Å²) in [6, 6.07) is 5.78. The number of thioether (sulfide) groups is 1. The van der Waals surface area contributed by atoms with Crippen LogP contribution in [-0.4, -0.2) is 19.3 Å². The summed E-state index contributed by atoms with van der Waals surface area (Å²) < 4.78 is 4.70. The highest BCUT2D eigenvalue weighted by molar-refractivity contribution is 8.02. The molecule has 1 aliphatic carbocycles. The van der Waals surface area contributed by atoms with Gasteiger partial charge in [0.1, 0.15) is 29.4 Å². The van der Waals surface area contributed by atoms with E-state index in [-0.39, 0.29) is 17.1 Å². The number of allylic oxidation sites excluding steroid dienone is 3. The molecule has 0 aromatic rings. The average molecular weight is 315 g/mol. The Morgan fingerprint density at radius 3 is 2.36 bits per heavy atom. The fourth-order valence-corrected chi connectivity index (χ4v) is 3.52. The van der Waals surface area contributed by atoms with Crippen molar-refractivity contribution in [1.29, 1.82) is 15.8 Å². The van der Waals surface area contributed by atoms with Crippen molar-refractivity contribution >= 4 is 17.7 Å². The normalized spacial score (nSPS) is 19.7. The Labute approximate surface area is 134 Å². The van der Waals surface area contributed by atoms with Gasteiger partial charge in [-0.1, -0.05) is 12.8 Å². The van der Waals surface area contributed by atoms with Crippen molar-refractivity contribution in [3.63, 3.8) is 0 Å². The summed E-state index contributed by atoms with van der Waals surface area (Å²) in [4.78, 5) is 12.5. The summed E-state index contributed by atoms with van der Waals surface area (Å²) in [5.41, 5.74) is 0.759. The van der Waals surface area contributed by atoms with Crippen molar-refractivity contribution in [1.82, 2.24) is 0 Å². The van der Waals surface area contributed by atoms with E-state index in [1.165, 1.54) is 18.9 Å². The molecule has 0 aromatic heterocycles. The van der Waals surface area contributed by atoms with Gasteiger partial charge in [-0.2, -0.15) is 15.8 Å². The number of esters is 1. The van der Waals surface area contributed by atoms with Crippen LogP contribution >= 0.6 is 11.8 Å². The van der Waals surface area contributed by atoms with Crippen LogP contribution < -0.4 is 0 Å². The Hall–Kier alpha value is -2.23. The Bertz CT molecular complexity index is 613. The Morgan fingerprint density at radius 2 is 1.86 bits per heavy atom. The number of carbonyl (C=O) groups is 1. The van der Waals surface area contributed by atoms with Gasteiger partial charge in [-0.3, -0.25) is 0 Å². The van der Waals surface area contributed by atoms with E-state index in [4.69, 9.17) is 15.3 Å². The standard InChI is InChI=1S/C16H17N3O2S/c1-21-16(20)14(10-19)12-6-4-3-5-7-13(12)15(22-2)11(8-17)9-18/h13H,3-7H2,1-2H3/b14-12+. The lowest BCUT2D eigenvalue weighted by Crippen LogP contribution is -2.14. The third kappa shape index (κ3) is 3.91. The molecule has 0 aromatic carbocycles. The summed E-state index contributed by atoms with van der Waals surface area (Å²) in [5.74, 6) is -0.888. The lowest BCUT2D eigenvalue weighted by Gasteiger charge is -2.21. The summed E-state index contributed by atoms with van der Waals surface area (Å²) in [6.07, 6.45) is 5.94. The Morgan fingerprint density at radius 1 is 1.18 bits per heavy atom. The fourth-order valence-electron chi connectivity index (χ4n) is 2.68. The van der Waals surface area contributed by atoms with Crippen LogP contribution in [0.15, 0.2) is 21.6 Å². The van der Waals surface area contributed by atoms with Crippen LogP contribution in [-0.2, 0) is 9.53 Å². The van der Waals surface area contributed by atoms with Gasteiger partial charge in [-0.25, -0.2) is 4.79 Å². The number of ether oxygens (including phenoxy) is 1. The minimum absolute atomic E-state index is 0.0104. The smallest absolute Gasteiger partial charge is 0.348 e. The summed E-state index contributed by atoms with van der Waals surface area (Å²) >= 11 is 1.33. The van der Waals surface area contributed by atoms with Gasteiger partial charge in [-0.15, -0.1) is 11.8 Å². The summed E-state index contributed by atoms with van der Waals surface area (Å²) in [7, 11) is 1.24. The third-order valence-corrected chi connectivity index (χ3v) is 4.62. The number of rotatable bonds is 3. The van der Waals surface area contributed by atoms with Crippen molar-refractivity contribution in [2.45, 2.75) is 32.1 Å². The van der Waals surface area contributed by atoms with E-state index in [1.807, 2.05) is 18.2 Å². The number of carbonyl (C=O) groups excluding carboxylic acids is 1. The number of methoxy groups -OCH3 is 1. The van der Waals surface area contributed by atoms with Crippen LogP contribution in [0.2, 0.25) is 0 Å². The average Bonchev–Trinajstić information content (AvgIpc) is 2.79. The molecular formula is C16H17N3O2S. The molecule has 0 radical (unpaired) electrons. The van der Waals surface area contributed by atoms with Crippen molar-refractivity contribution in [3.8, 4) is 18.2 Å². The predicted octanol–water partition coefficient (Wildman–Crippen LogP) is 3.22. The molecule has 6 heteroatoms. The highest BCUT2D eigenvalue weighted by Gasteiger charge is 2.29. The largest absolute Gasteiger partial charge is 0.465 e. The van der Waals surface area contributed by atoms with E-state index in [9.17, 15) is 10.1 Å². The van der Waals surface area contributed by atoms with Crippen LogP contribution in [0.5, 0.6) is 0 Å². The van der Waals surface area contributed by atoms with E-state index in [0.29, 0.717) is 16.9 Å². The Kier molecular flexibility index (Phi) is 7.23. The quantitative estimate of drug-likeness (QED) is 0.343. The van der Waals surface area contributed by atoms with Crippen molar-refractivity contribution in [2.24, 2.45) is 5.92 Å². The zero-order valence-corrected chi connectivity index (χ0v) is 13.5. The molecular weight excluding hydrogens is 298 g/mol. The van der Waals surface area contributed by atoms with Gasteiger partial charge in [0, 0.05) is 10.8 Å². The lowest BCUT2D eigenvalue weighted by atomic mass is 9.88. The molecule has 0 bridgehead atoms. The summed E-state index contributed by atoms with van der Waals surface area (Å²) in [6.45, 7) is 0. The summed E-state index contributed by atoms with van der Waals surface area (Å²) in [5, 5.41) is 27.6. The minimum Gasteiger partial charge on any atom is -0.465 e. The zero-order chi connectivity index (χ0) is 16.5. The number of nitrogens with zero attached hydrogens (tertiary/aromatic N) is 3. The zero-order valence-electron chi connectivity index (χ0n) is 12.7. The SMILES string of the molecule is COC(=O)/C(C#N)=C1\CCCCCC1C(SC)=C(C#N)C#N. The van der Waals surface area contributed by atoms with Gasteiger partial charge in [0.05, 0.1) is 7.11 Å². The van der Waals surface area contributed by atoms with E-state index >= 15 is 0 Å². The molecule has 5 nitrogen and oxygen atoms in total. The monoisotopic (exact) mass is 315 g/mol. The maximum Gasteiger partial charge on any atom is 0.348 e. The van der Waals surface area contributed by atoms with Crippen LogP contribution in [0.4, 0.5) is 0 Å². The van der Waals surface area contributed by atoms with Gasteiger partial charge in [0.25, 0.3) is 0 Å². The minimum atomic E-state index is -0.652. The molecule has 22 heavy (non-hydrogen) atoms. The molecule has 1 saturated carbocycles. The molecule has 0 saturated heterocycles. The molecule has 1 unspecified atom stereocenters. The van der Waals surface area contributed by atoms with Crippen LogP contribution in [0.1, 0.15) is 32.1 Å². The molecule has 0 aliphatic heterocycles. The van der Waals surface area contributed by atoms with E-state index in [1.54, 1.807) is 6.26 Å². The van der Waals surface area contributed by atoms with E-state index < -0.39 is 5.97 Å². The third-order valence-electron chi connectivity index (χ3n) is 3.69. The molecule has 0 heterocycles. The van der Waals surface area contributed by atoms with Crippen LogP contribution in [0, 0.1) is 39.9 Å². The molecule has 0 amide bonds. The van der Waals surface area contributed by atoms with Gasteiger partial charge in [0.15, 0.2) is 0 Å². The fraction of sp³-hybridized carbons (Fsp3) is 0.500. The van der Waals surface area contributed by atoms with E-state index in [0.717, 1.165) is 25.7 Å². The molecule has 0 N–H and O–H groups in total. The second-order valence-corrected chi connectivity index (χ2v) is 5.67. The first-order valence-electron chi connectivity index (χ1n) is 6.94. The first-order chi connectivity index (χ1) is 10.6. The van der Waals surface area contributed by atoms with Crippen molar-refractivity contribution in [3.05, 3.63) is 21.6 Å². The first-order valence-corrected chi connectivity index (χ1v) is 8.16. The first kappa shape index (κ1) is 17.8. The Balaban J connectivity index is 3.52. The van der Waals surface area contributed by atoms with E-state index in [2.05, 4.69) is 0 Å². The maximum atomic E-state index is 11.9. The molecule has 1 aliphatic rings. The highest BCUT2D eigenvalue weighted by Crippen LogP contribution is 2.40. The number of hydrogen-bond donors (Lipinski definition) is 0. The topological polar surface area (TPSA) is 97.7 Å². The molecule has 114 valence electrons. The second-order valence-electron chi connectivity index (χ2n) is 4.82. The van der Waals surface area contributed by atoms with Crippen LogP contribution in [0.25, 0.3) is 0 Å². The van der Waals surface area contributed by atoms with Crippen molar-refractivity contribution < 1.29 is 9.53 Å².